The minimum Gasteiger partial charge on any atom is -0.394 e. The standard InChI is InChI=1S/C71H135NO18/c1-3-5-7-9-11-13-15-17-18-19-20-21-22-23-24-25-26-27-28-29-30-31-32-33-34-35-36-37-38-40-42-44-46-48-55(76)54(72-59(77)49-47-45-43-41-39-16-14-12-10-8-6-4-2)53-85-69-65(83)62(80)67(57(51-74)87-69)90-71-66(84)63(81)68(58(52-75)88-71)89-70-64(82)61(79)60(78)56(50-73)86-70/h46,48,54-58,60-71,73-76,78-84H,3-45,47,49-53H2,1-2H3,(H,72,77)/b48-46+. The Bertz CT molecular complexity index is 1680. The third-order valence-electron chi connectivity index (χ3n) is 18.8. The lowest BCUT2D eigenvalue weighted by atomic mass is 9.96. The first-order chi connectivity index (χ1) is 43.8. The molecule has 0 aliphatic carbocycles. The third-order valence-corrected chi connectivity index (χ3v) is 18.8. The Balaban J connectivity index is 1.35. The van der Waals surface area contributed by atoms with E-state index < -0.39 is 124 Å². The Labute approximate surface area is 544 Å². The summed E-state index contributed by atoms with van der Waals surface area (Å²) in [6.07, 6.45) is 33.7. The van der Waals surface area contributed by atoms with E-state index in [2.05, 4.69) is 19.2 Å². The van der Waals surface area contributed by atoms with Crippen molar-refractivity contribution in [3.8, 4) is 0 Å². The third kappa shape index (κ3) is 35.0. The fourth-order valence-corrected chi connectivity index (χ4v) is 12.8. The predicted octanol–water partition coefficient (Wildman–Crippen LogP) is 10.4. The molecule has 3 heterocycles. The van der Waals surface area contributed by atoms with Crippen LogP contribution >= 0.6 is 0 Å². The van der Waals surface area contributed by atoms with E-state index in [1.807, 2.05) is 6.08 Å². The minimum atomic E-state index is -1.98. The first kappa shape index (κ1) is 82.8. The van der Waals surface area contributed by atoms with Crippen LogP contribution in [0.15, 0.2) is 12.2 Å². The molecule has 90 heavy (non-hydrogen) atoms. The van der Waals surface area contributed by atoms with E-state index in [9.17, 15) is 61.0 Å². The summed E-state index contributed by atoms with van der Waals surface area (Å²) >= 11 is 0. The van der Waals surface area contributed by atoms with Gasteiger partial charge < -0.3 is 89.9 Å². The molecule has 1 amide bonds. The van der Waals surface area contributed by atoms with Gasteiger partial charge in [0.15, 0.2) is 18.9 Å². The number of aliphatic hydroxyl groups is 11. The normalized spacial score (nSPS) is 28.0. The summed E-state index contributed by atoms with van der Waals surface area (Å²) in [5, 5.41) is 120. The molecule has 0 aromatic rings. The number of ether oxygens (including phenoxy) is 6. The maximum Gasteiger partial charge on any atom is 0.220 e. The van der Waals surface area contributed by atoms with Crippen molar-refractivity contribution in [3.63, 3.8) is 0 Å². The number of hydrogen-bond acceptors (Lipinski definition) is 18. The second kappa shape index (κ2) is 53.6. The maximum atomic E-state index is 13.3. The lowest BCUT2D eigenvalue weighted by molar-refractivity contribution is -0.379. The zero-order valence-corrected chi connectivity index (χ0v) is 56.4. The highest BCUT2D eigenvalue weighted by molar-refractivity contribution is 5.76. The van der Waals surface area contributed by atoms with Gasteiger partial charge in [0.05, 0.1) is 38.6 Å². The number of hydrogen-bond donors (Lipinski definition) is 12. The minimum absolute atomic E-state index is 0.248. The van der Waals surface area contributed by atoms with Crippen LogP contribution in [-0.4, -0.2) is 193 Å². The van der Waals surface area contributed by atoms with Gasteiger partial charge >= 0.3 is 0 Å². The molecule has 0 spiro atoms. The Morgan fingerprint density at radius 1 is 0.389 bits per heavy atom. The second-order valence-corrected chi connectivity index (χ2v) is 26.8. The molecule has 12 N–H and O–H groups in total. The van der Waals surface area contributed by atoms with Crippen LogP contribution in [0.2, 0.25) is 0 Å². The average molecular weight is 1290 g/mol. The fraction of sp³-hybridized carbons (Fsp3) is 0.958. The fourth-order valence-electron chi connectivity index (χ4n) is 12.8. The van der Waals surface area contributed by atoms with Crippen LogP contribution in [0, 0.1) is 0 Å². The van der Waals surface area contributed by atoms with E-state index >= 15 is 0 Å². The summed E-state index contributed by atoms with van der Waals surface area (Å²) in [7, 11) is 0. The molecule has 0 saturated carbocycles. The zero-order valence-electron chi connectivity index (χ0n) is 56.4. The van der Waals surface area contributed by atoms with Crippen LogP contribution in [-0.2, 0) is 33.2 Å². The Morgan fingerprint density at radius 2 is 0.689 bits per heavy atom. The molecule has 3 saturated heterocycles. The van der Waals surface area contributed by atoms with Crippen LogP contribution in [0.25, 0.3) is 0 Å². The van der Waals surface area contributed by atoms with E-state index in [1.54, 1.807) is 6.08 Å². The maximum absolute atomic E-state index is 13.3. The number of unbranched alkanes of at least 4 members (excludes halogenated alkanes) is 42. The lowest BCUT2D eigenvalue weighted by Crippen LogP contribution is -2.66. The molecule has 0 bridgehead atoms. The van der Waals surface area contributed by atoms with Gasteiger partial charge in [0, 0.05) is 6.42 Å². The van der Waals surface area contributed by atoms with Gasteiger partial charge in [0.25, 0.3) is 0 Å². The quantitative estimate of drug-likeness (QED) is 0.0199. The van der Waals surface area contributed by atoms with Gasteiger partial charge in [-0.25, -0.2) is 0 Å². The molecule has 0 radical (unpaired) electrons. The zero-order chi connectivity index (χ0) is 65.4. The smallest absolute Gasteiger partial charge is 0.220 e. The molecule has 3 rings (SSSR count). The van der Waals surface area contributed by atoms with Crippen molar-refractivity contribution in [2.75, 3.05) is 26.4 Å². The number of carbonyl (C=O) groups is 1. The van der Waals surface area contributed by atoms with E-state index in [1.165, 1.54) is 231 Å². The second-order valence-electron chi connectivity index (χ2n) is 26.8. The predicted molar refractivity (Wildman–Crippen MR) is 351 cm³/mol. The Kier molecular flexibility index (Phi) is 49.3. The van der Waals surface area contributed by atoms with Gasteiger partial charge in [-0.05, 0) is 19.3 Å². The van der Waals surface area contributed by atoms with E-state index in [0.717, 1.165) is 44.9 Å². The first-order valence-corrected chi connectivity index (χ1v) is 36.9. The summed E-state index contributed by atoms with van der Waals surface area (Å²) in [4.78, 5) is 13.3. The summed E-state index contributed by atoms with van der Waals surface area (Å²) in [6.45, 7) is 1.76. The van der Waals surface area contributed by atoms with Gasteiger partial charge in [0.2, 0.25) is 5.91 Å². The van der Waals surface area contributed by atoms with Gasteiger partial charge in [-0.15, -0.1) is 0 Å². The van der Waals surface area contributed by atoms with Crippen molar-refractivity contribution in [2.45, 2.75) is 407 Å². The molecule has 3 fully saturated rings. The van der Waals surface area contributed by atoms with E-state index in [4.69, 9.17) is 28.4 Å². The van der Waals surface area contributed by atoms with Gasteiger partial charge in [0.1, 0.15) is 73.2 Å². The van der Waals surface area contributed by atoms with Gasteiger partial charge in [-0.2, -0.15) is 0 Å². The van der Waals surface area contributed by atoms with E-state index in [0.29, 0.717) is 6.42 Å². The lowest BCUT2D eigenvalue weighted by Gasteiger charge is -2.48. The number of carbonyl (C=O) groups excluding carboxylic acids is 1. The van der Waals surface area contributed by atoms with Crippen LogP contribution < -0.4 is 5.32 Å². The molecule has 19 nitrogen and oxygen atoms in total. The number of allylic oxidation sites excluding steroid dienone is 1. The molecule has 3 aliphatic heterocycles. The van der Waals surface area contributed by atoms with Crippen LogP contribution in [0.4, 0.5) is 0 Å². The number of amides is 1. The molecule has 532 valence electrons. The Hall–Kier alpha value is -1.47. The highest BCUT2D eigenvalue weighted by Gasteiger charge is 2.53. The number of nitrogens with one attached hydrogen (secondary N) is 1. The van der Waals surface area contributed by atoms with Crippen molar-refractivity contribution in [1.29, 1.82) is 0 Å². The van der Waals surface area contributed by atoms with Crippen molar-refractivity contribution in [2.24, 2.45) is 0 Å². The van der Waals surface area contributed by atoms with Gasteiger partial charge in [-0.1, -0.05) is 289 Å². The number of rotatable bonds is 58. The molecule has 17 unspecified atom stereocenters. The SMILES string of the molecule is CCCCCCCCCCCCCCCCCCCCCCCCCCCCCCCCC/C=C/C(O)C(COC1OC(CO)C(OC2OC(CO)C(OC3OC(CO)C(O)C(O)C3O)C(O)C2O)C(O)C1O)NC(=O)CCCCCCCCCCCCCC. The molecule has 19 heteroatoms. The molecule has 0 aromatic carbocycles. The van der Waals surface area contributed by atoms with E-state index in [-0.39, 0.29) is 18.9 Å². The summed E-state index contributed by atoms with van der Waals surface area (Å²) in [5.74, 6) is -0.272. The van der Waals surface area contributed by atoms with Crippen molar-refractivity contribution < 1.29 is 89.4 Å². The van der Waals surface area contributed by atoms with Crippen molar-refractivity contribution >= 4 is 5.91 Å². The largest absolute Gasteiger partial charge is 0.394 e. The highest BCUT2D eigenvalue weighted by atomic mass is 16.8. The molecular weight excluding hydrogens is 1150 g/mol. The average Bonchev–Trinajstić information content (AvgIpc) is 0.820. The summed E-state index contributed by atoms with van der Waals surface area (Å²) in [6, 6.07) is -0.968. The summed E-state index contributed by atoms with van der Waals surface area (Å²) in [5.41, 5.74) is 0. The van der Waals surface area contributed by atoms with Crippen molar-refractivity contribution in [1.82, 2.24) is 5.32 Å². The molecule has 3 aliphatic rings. The number of aliphatic hydroxyl groups excluding tert-OH is 11. The van der Waals surface area contributed by atoms with Gasteiger partial charge in [-0.3, -0.25) is 4.79 Å². The molecular formula is C71H135NO18. The monoisotopic (exact) mass is 1290 g/mol. The van der Waals surface area contributed by atoms with Crippen LogP contribution in [0.1, 0.15) is 303 Å². The Morgan fingerprint density at radius 3 is 1.04 bits per heavy atom. The van der Waals surface area contributed by atoms with Crippen LogP contribution in [0.5, 0.6) is 0 Å². The van der Waals surface area contributed by atoms with Crippen LogP contribution in [0.3, 0.4) is 0 Å². The molecule has 17 atom stereocenters. The highest BCUT2D eigenvalue weighted by Crippen LogP contribution is 2.33. The van der Waals surface area contributed by atoms with Crippen molar-refractivity contribution in [3.05, 3.63) is 12.2 Å². The first-order valence-electron chi connectivity index (χ1n) is 36.9. The summed E-state index contributed by atoms with van der Waals surface area (Å²) < 4.78 is 34.3. The topological polar surface area (TPSA) is 307 Å². The molecule has 0 aromatic heterocycles.